The van der Waals surface area contributed by atoms with Gasteiger partial charge in [-0.1, -0.05) is 13.0 Å². The largest absolute Gasteiger partial charge is 0.504 e. The summed E-state index contributed by atoms with van der Waals surface area (Å²) < 4.78 is 9.84. The topological polar surface area (TPSA) is 79.2 Å². The standard InChI is InChI=1S/C16H23NO5/c1-10(18)16(2)9-17(15(20)22-4)8-12(16)11-5-6-14(21-3)13(19)7-11/h5-7,10,12,18-19H,8-9H2,1-4H3/t10-,12-,16-/m0/s1. The molecule has 6 heteroatoms. The normalized spacial score (nSPS) is 25.9. The van der Waals surface area contributed by atoms with Crippen molar-refractivity contribution in [1.82, 2.24) is 4.90 Å². The van der Waals surface area contributed by atoms with Gasteiger partial charge in [0.2, 0.25) is 0 Å². The van der Waals surface area contributed by atoms with Crippen molar-refractivity contribution in [2.75, 3.05) is 27.3 Å². The van der Waals surface area contributed by atoms with E-state index in [4.69, 9.17) is 9.47 Å². The monoisotopic (exact) mass is 309 g/mol. The number of aliphatic hydroxyl groups excluding tert-OH is 1. The zero-order chi connectivity index (χ0) is 16.5. The predicted octanol–water partition coefficient (Wildman–Crippen LogP) is 1.95. The highest BCUT2D eigenvalue weighted by molar-refractivity contribution is 5.68. The maximum atomic E-state index is 11.8. The van der Waals surface area contributed by atoms with Gasteiger partial charge in [0.25, 0.3) is 0 Å². The molecular formula is C16H23NO5. The molecule has 0 saturated carbocycles. The van der Waals surface area contributed by atoms with Crippen molar-refractivity contribution < 1.29 is 24.5 Å². The summed E-state index contributed by atoms with van der Waals surface area (Å²) in [4.78, 5) is 13.4. The van der Waals surface area contributed by atoms with E-state index in [9.17, 15) is 15.0 Å². The summed E-state index contributed by atoms with van der Waals surface area (Å²) in [5, 5.41) is 20.2. The highest BCUT2D eigenvalue weighted by Gasteiger charge is 2.48. The van der Waals surface area contributed by atoms with Crippen molar-refractivity contribution in [2.24, 2.45) is 5.41 Å². The molecule has 2 N–H and O–H groups in total. The molecule has 22 heavy (non-hydrogen) atoms. The van der Waals surface area contributed by atoms with Crippen LogP contribution >= 0.6 is 0 Å². The van der Waals surface area contributed by atoms with Gasteiger partial charge in [0, 0.05) is 24.4 Å². The first-order valence-electron chi connectivity index (χ1n) is 7.21. The molecule has 122 valence electrons. The van der Waals surface area contributed by atoms with Gasteiger partial charge in [-0.05, 0) is 24.6 Å². The number of hydrogen-bond donors (Lipinski definition) is 2. The van der Waals surface area contributed by atoms with Crippen LogP contribution in [0.1, 0.15) is 25.3 Å². The van der Waals surface area contributed by atoms with E-state index in [1.54, 1.807) is 24.0 Å². The van der Waals surface area contributed by atoms with Gasteiger partial charge in [0.15, 0.2) is 11.5 Å². The number of likely N-dealkylation sites (tertiary alicyclic amines) is 1. The number of phenolic OH excluding ortho intramolecular Hbond substituents is 1. The van der Waals surface area contributed by atoms with Gasteiger partial charge < -0.3 is 24.6 Å². The first-order chi connectivity index (χ1) is 10.3. The molecule has 0 spiro atoms. The number of phenols is 1. The third-order valence-corrected chi connectivity index (χ3v) is 4.72. The predicted molar refractivity (Wildman–Crippen MR) is 81.2 cm³/mol. The second-order valence-corrected chi connectivity index (χ2v) is 6.02. The molecule has 1 heterocycles. The molecule has 0 aromatic heterocycles. The second kappa shape index (κ2) is 6.04. The Bertz CT molecular complexity index is 559. The Morgan fingerprint density at radius 3 is 2.64 bits per heavy atom. The number of hydrogen-bond acceptors (Lipinski definition) is 5. The number of methoxy groups -OCH3 is 2. The fourth-order valence-electron chi connectivity index (χ4n) is 3.12. The smallest absolute Gasteiger partial charge is 0.409 e. The van der Waals surface area contributed by atoms with E-state index in [-0.39, 0.29) is 11.7 Å². The van der Waals surface area contributed by atoms with Crippen LogP contribution in [0.25, 0.3) is 0 Å². The minimum atomic E-state index is -0.614. The van der Waals surface area contributed by atoms with Crippen LogP contribution in [-0.4, -0.2) is 54.6 Å². The van der Waals surface area contributed by atoms with Gasteiger partial charge >= 0.3 is 6.09 Å². The van der Waals surface area contributed by atoms with E-state index in [1.165, 1.54) is 14.2 Å². The lowest BCUT2D eigenvalue weighted by atomic mass is 9.72. The van der Waals surface area contributed by atoms with Crippen molar-refractivity contribution in [3.8, 4) is 11.5 Å². The molecule has 6 nitrogen and oxygen atoms in total. The average Bonchev–Trinajstić information content (AvgIpc) is 2.85. The Balaban J connectivity index is 2.38. The molecule has 1 aromatic carbocycles. The van der Waals surface area contributed by atoms with Crippen LogP contribution in [0.5, 0.6) is 11.5 Å². The van der Waals surface area contributed by atoms with E-state index in [0.717, 1.165) is 5.56 Å². The number of rotatable bonds is 3. The van der Waals surface area contributed by atoms with Gasteiger partial charge in [-0.25, -0.2) is 4.79 Å². The number of amides is 1. The van der Waals surface area contributed by atoms with Gasteiger partial charge in [-0.2, -0.15) is 0 Å². The van der Waals surface area contributed by atoms with Crippen LogP contribution < -0.4 is 4.74 Å². The Labute approximate surface area is 130 Å². The zero-order valence-corrected chi connectivity index (χ0v) is 13.4. The molecule has 0 aliphatic carbocycles. The van der Waals surface area contributed by atoms with Gasteiger partial charge in [0.05, 0.1) is 20.3 Å². The fraction of sp³-hybridized carbons (Fsp3) is 0.562. The van der Waals surface area contributed by atoms with Crippen molar-refractivity contribution in [3.63, 3.8) is 0 Å². The average molecular weight is 309 g/mol. The lowest BCUT2D eigenvalue weighted by molar-refractivity contribution is 0.0470. The zero-order valence-electron chi connectivity index (χ0n) is 13.4. The summed E-state index contributed by atoms with van der Waals surface area (Å²) in [7, 11) is 2.83. The molecule has 1 amide bonds. The van der Waals surface area contributed by atoms with E-state index in [2.05, 4.69) is 0 Å². The maximum absolute atomic E-state index is 11.8. The number of carbonyl (C=O) groups excluding carboxylic acids is 1. The minimum Gasteiger partial charge on any atom is -0.504 e. The van der Waals surface area contributed by atoms with Crippen molar-refractivity contribution >= 4 is 6.09 Å². The number of aromatic hydroxyl groups is 1. The lowest BCUT2D eigenvalue weighted by Gasteiger charge is -2.33. The molecule has 0 unspecified atom stereocenters. The quantitative estimate of drug-likeness (QED) is 0.892. The highest BCUT2D eigenvalue weighted by atomic mass is 16.5. The summed E-state index contributed by atoms with van der Waals surface area (Å²) in [5.41, 5.74) is 0.336. The lowest BCUT2D eigenvalue weighted by Crippen LogP contribution is -2.38. The molecule has 0 bridgehead atoms. The number of aliphatic hydroxyl groups is 1. The van der Waals surface area contributed by atoms with E-state index >= 15 is 0 Å². The van der Waals surface area contributed by atoms with Crippen molar-refractivity contribution in [3.05, 3.63) is 23.8 Å². The van der Waals surface area contributed by atoms with Crippen LogP contribution in [0.3, 0.4) is 0 Å². The maximum Gasteiger partial charge on any atom is 0.409 e. The number of carbonyl (C=O) groups is 1. The van der Waals surface area contributed by atoms with Gasteiger partial charge in [-0.3, -0.25) is 0 Å². The first-order valence-corrected chi connectivity index (χ1v) is 7.21. The number of benzene rings is 1. The fourth-order valence-corrected chi connectivity index (χ4v) is 3.12. The van der Waals surface area contributed by atoms with Crippen LogP contribution in [-0.2, 0) is 4.74 Å². The van der Waals surface area contributed by atoms with Gasteiger partial charge in [-0.15, -0.1) is 0 Å². The SMILES string of the molecule is COC(=O)N1C[C@@H](c2ccc(OC)c(O)c2)[C@](C)([C@H](C)O)C1. The Kier molecular flexibility index (Phi) is 4.51. The Morgan fingerprint density at radius 2 is 2.14 bits per heavy atom. The molecule has 2 rings (SSSR count). The Morgan fingerprint density at radius 1 is 1.45 bits per heavy atom. The van der Waals surface area contributed by atoms with Gasteiger partial charge in [0.1, 0.15) is 0 Å². The van der Waals surface area contributed by atoms with E-state index < -0.39 is 17.6 Å². The van der Waals surface area contributed by atoms with Crippen LogP contribution in [0.15, 0.2) is 18.2 Å². The summed E-state index contributed by atoms with van der Waals surface area (Å²) in [5.74, 6) is 0.332. The van der Waals surface area contributed by atoms with Crippen LogP contribution in [0, 0.1) is 5.41 Å². The van der Waals surface area contributed by atoms with Crippen LogP contribution in [0.2, 0.25) is 0 Å². The molecular weight excluding hydrogens is 286 g/mol. The third-order valence-electron chi connectivity index (χ3n) is 4.72. The molecule has 1 aliphatic heterocycles. The number of nitrogens with zero attached hydrogens (tertiary/aromatic N) is 1. The highest BCUT2D eigenvalue weighted by Crippen LogP contribution is 2.46. The molecule has 1 fully saturated rings. The third kappa shape index (κ3) is 2.70. The summed E-state index contributed by atoms with van der Waals surface area (Å²) in [6, 6.07) is 5.17. The molecule has 1 aliphatic rings. The van der Waals surface area contributed by atoms with E-state index in [1.807, 2.05) is 13.0 Å². The molecule has 1 aromatic rings. The summed E-state index contributed by atoms with van der Waals surface area (Å²) >= 11 is 0. The first kappa shape index (κ1) is 16.4. The molecule has 1 saturated heterocycles. The van der Waals surface area contributed by atoms with E-state index in [0.29, 0.717) is 18.8 Å². The second-order valence-electron chi connectivity index (χ2n) is 6.02. The number of ether oxygens (including phenoxy) is 2. The Hall–Kier alpha value is -1.95. The molecule has 0 radical (unpaired) electrons. The van der Waals surface area contributed by atoms with Crippen LogP contribution in [0.4, 0.5) is 4.79 Å². The van der Waals surface area contributed by atoms with Crippen molar-refractivity contribution in [1.29, 1.82) is 0 Å². The summed E-state index contributed by atoms with van der Waals surface area (Å²) in [6.45, 7) is 4.48. The van der Waals surface area contributed by atoms with Crippen molar-refractivity contribution in [2.45, 2.75) is 25.9 Å². The molecule has 3 atom stereocenters. The minimum absolute atomic E-state index is 0.0458. The summed E-state index contributed by atoms with van der Waals surface area (Å²) in [6.07, 6.45) is -1.02.